The topological polar surface area (TPSA) is 156 Å². The Morgan fingerprint density at radius 2 is 1.62 bits per heavy atom. The van der Waals surface area contributed by atoms with Gasteiger partial charge in [-0.2, -0.15) is 0 Å². The van der Waals surface area contributed by atoms with Gasteiger partial charge in [0.2, 0.25) is 6.79 Å². The van der Waals surface area contributed by atoms with E-state index in [-0.39, 0.29) is 19.1 Å². The number of carbonyl (C=O) groups is 3. The molecule has 5 rings (SSSR count). The smallest absolute Gasteiger partial charge is 0.374 e. The molecular weight excluding hydrogens is 588 g/mol. The normalized spacial score (nSPS) is 18.5. The van der Waals surface area contributed by atoms with E-state index >= 15 is 0 Å². The predicted molar refractivity (Wildman–Crippen MR) is 157 cm³/mol. The van der Waals surface area contributed by atoms with Gasteiger partial charge < -0.3 is 43.4 Å². The summed E-state index contributed by atoms with van der Waals surface area (Å²) in [5, 5.41) is 19.2. The Hall–Kier alpha value is -4.97. The van der Waals surface area contributed by atoms with E-state index in [1.165, 1.54) is 7.11 Å². The van der Waals surface area contributed by atoms with Gasteiger partial charge in [-0.3, -0.25) is 4.79 Å². The van der Waals surface area contributed by atoms with Gasteiger partial charge in [0.15, 0.2) is 18.1 Å². The van der Waals surface area contributed by atoms with Crippen LogP contribution in [0.5, 0.6) is 28.7 Å². The van der Waals surface area contributed by atoms with Crippen molar-refractivity contribution in [2.75, 3.05) is 33.7 Å². The van der Waals surface area contributed by atoms with Crippen LogP contribution in [0.3, 0.4) is 0 Å². The average molecular weight is 623 g/mol. The monoisotopic (exact) mass is 622 g/mol. The third-order valence-electron chi connectivity index (χ3n) is 7.60. The van der Waals surface area contributed by atoms with Crippen molar-refractivity contribution >= 4 is 17.9 Å². The number of benzene rings is 3. The van der Waals surface area contributed by atoms with Gasteiger partial charge >= 0.3 is 24.2 Å². The quantitative estimate of drug-likeness (QED) is 0.191. The fourth-order valence-corrected chi connectivity index (χ4v) is 5.78. The molecule has 0 saturated carbocycles. The van der Waals surface area contributed by atoms with Crippen LogP contribution in [0.25, 0.3) is 0 Å². The number of aliphatic carboxylic acids is 2. The highest BCUT2D eigenvalue weighted by atomic mass is 16.7. The maximum absolute atomic E-state index is 14.2. The van der Waals surface area contributed by atoms with E-state index in [2.05, 4.69) is 0 Å². The lowest BCUT2D eigenvalue weighted by Crippen LogP contribution is -2.35. The Bertz CT molecular complexity index is 1570. The molecule has 3 aromatic carbocycles. The lowest BCUT2D eigenvalue weighted by molar-refractivity contribution is -0.199. The number of rotatable bonds is 14. The van der Waals surface area contributed by atoms with Crippen molar-refractivity contribution < 1.29 is 57.8 Å². The van der Waals surface area contributed by atoms with Crippen molar-refractivity contribution in [1.29, 1.82) is 0 Å². The molecule has 0 radical (unpaired) electrons. The summed E-state index contributed by atoms with van der Waals surface area (Å²) in [5.41, 5.74) is 2.62. The minimum atomic E-state index is -1.84. The molecule has 0 aromatic heterocycles. The summed E-state index contributed by atoms with van der Waals surface area (Å²) in [6.45, 7) is 3.44. The molecular formula is C33H34O12. The van der Waals surface area contributed by atoms with Gasteiger partial charge in [0.1, 0.15) is 17.2 Å². The first kappa shape index (κ1) is 31.5. The molecule has 0 fully saturated rings. The number of methoxy groups -OCH3 is 1. The van der Waals surface area contributed by atoms with Gasteiger partial charge in [-0.25, -0.2) is 9.59 Å². The van der Waals surface area contributed by atoms with E-state index in [4.69, 9.17) is 33.2 Å². The molecule has 1 aliphatic heterocycles. The van der Waals surface area contributed by atoms with Crippen molar-refractivity contribution in [3.05, 3.63) is 76.9 Å². The molecule has 12 nitrogen and oxygen atoms in total. The first-order chi connectivity index (χ1) is 21.7. The van der Waals surface area contributed by atoms with E-state index < -0.39 is 48.6 Å². The lowest BCUT2D eigenvalue weighted by atomic mass is 9.79. The molecule has 1 aliphatic carbocycles. The molecule has 2 aliphatic rings. The van der Waals surface area contributed by atoms with Crippen molar-refractivity contribution in [1.82, 2.24) is 0 Å². The van der Waals surface area contributed by atoms with Crippen LogP contribution >= 0.6 is 0 Å². The summed E-state index contributed by atoms with van der Waals surface area (Å²) in [6.07, 6.45) is -1.07. The van der Waals surface area contributed by atoms with Gasteiger partial charge in [-0.1, -0.05) is 25.1 Å². The number of hydrogen-bond donors (Lipinski definition) is 2. The zero-order chi connectivity index (χ0) is 32.1. The van der Waals surface area contributed by atoms with E-state index in [1.807, 2.05) is 31.2 Å². The predicted octanol–water partition coefficient (Wildman–Crippen LogP) is 4.56. The second kappa shape index (κ2) is 13.8. The lowest BCUT2D eigenvalue weighted by Gasteiger charge is -2.27. The standard InChI is InChI=1S/C33H34O12/c1-4-12-41-20-8-9-21-23(14-20)29(22-10-7-19(39-3)15-25(22)42-16-27(34)35)30(32(38)45-33(31(36)37)40-5-2)28(21)18-6-11-24-26(13-18)44-17-43-24/h6-11,13-15,28-30,33H,4-5,12,16-17H2,1-3H3,(H,34,35)(H,36,37)/t28-,29+,30+,33?/m0/s1. The van der Waals surface area contributed by atoms with Crippen LogP contribution in [0, 0.1) is 5.92 Å². The first-order valence-corrected chi connectivity index (χ1v) is 14.5. The van der Waals surface area contributed by atoms with Crippen molar-refractivity contribution in [2.24, 2.45) is 5.92 Å². The molecule has 4 atom stereocenters. The Kier molecular flexibility index (Phi) is 9.62. The van der Waals surface area contributed by atoms with Crippen LogP contribution in [0.4, 0.5) is 0 Å². The number of hydrogen-bond acceptors (Lipinski definition) is 10. The third-order valence-corrected chi connectivity index (χ3v) is 7.60. The van der Waals surface area contributed by atoms with Crippen molar-refractivity contribution in [3.8, 4) is 28.7 Å². The minimum Gasteiger partial charge on any atom is -0.497 e. The zero-order valence-corrected chi connectivity index (χ0v) is 25.0. The average Bonchev–Trinajstić information content (AvgIpc) is 3.64. The summed E-state index contributed by atoms with van der Waals surface area (Å²) < 4.78 is 39.0. The van der Waals surface area contributed by atoms with E-state index in [1.54, 1.807) is 37.3 Å². The highest BCUT2D eigenvalue weighted by Crippen LogP contribution is 2.56. The fourth-order valence-electron chi connectivity index (χ4n) is 5.78. The molecule has 2 N–H and O–H groups in total. The molecule has 0 saturated heterocycles. The van der Waals surface area contributed by atoms with E-state index in [0.29, 0.717) is 46.3 Å². The summed E-state index contributed by atoms with van der Waals surface area (Å²) in [4.78, 5) is 37.7. The maximum atomic E-state index is 14.2. The third kappa shape index (κ3) is 6.60. The molecule has 238 valence electrons. The largest absolute Gasteiger partial charge is 0.497 e. The maximum Gasteiger partial charge on any atom is 0.374 e. The van der Waals surface area contributed by atoms with E-state index in [0.717, 1.165) is 12.0 Å². The van der Waals surface area contributed by atoms with Crippen molar-refractivity contribution in [2.45, 2.75) is 38.4 Å². The molecule has 1 unspecified atom stereocenters. The Labute approximate surface area is 259 Å². The van der Waals surface area contributed by atoms with E-state index in [9.17, 15) is 24.6 Å². The first-order valence-electron chi connectivity index (χ1n) is 14.5. The summed E-state index contributed by atoms with van der Waals surface area (Å²) in [5.74, 6) is -3.78. The Morgan fingerprint density at radius 3 is 2.33 bits per heavy atom. The molecule has 1 heterocycles. The van der Waals surface area contributed by atoms with Gasteiger partial charge in [-0.05, 0) is 60.4 Å². The number of carbonyl (C=O) groups excluding carboxylic acids is 1. The van der Waals surface area contributed by atoms with Gasteiger partial charge in [0, 0.05) is 30.1 Å². The fraction of sp³-hybridized carbons (Fsp3) is 0.364. The Balaban J connectivity index is 1.72. The second-order valence-electron chi connectivity index (χ2n) is 10.4. The highest BCUT2D eigenvalue weighted by molar-refractivity contribution is 5.83. The summed E-state index contributed by atoms with van der Waals surface area (Å²) >= 11 is 0. The van der Waals surface area contributed by atoms with Crippen LogP contribution in [-0.4, -0.2) is 68.1 Å². The van der Waals surface area contributed by atoms with Gasteiger partial charge in [0.25, 0.3) is 0 Å². The SMILES string of the molecule is CCCOc1ccc2c(c1)[C@@H](c1ccc(OC)cc1OCC(=O)O)[C@H](C(=O)OC(OCC)C(=O)O)[C@H]2c1ccc2c(c1)OCO2. The molecule has 45 heavy (non-hydrogen) atoms. The number of fused-ring (bicyclic) bond motifs is 2. The number of esters is 1. The van der Waals surface area contributed by atoms with Crippen LogP contribution in [0.1, 0.15) is 54.4 Å². The second-order valence-corrected chi connectivity index (χ2v) is 10.4. The number of carboxylic acids is 2. The molecule has 0 spiro atoms. The summed E-state index contributed by atoms with van der Waals surface area (Å²) in [6, 6.07) is 15.8. The number of carboxylic acid groups (broad SMARTS) is 2. The van der Waals surface area contributed by atoms with Crippen LogP contribution in [0.15, 0.2) is 54.6 Å². The summed E-state index contributed by atoms with van der Waals surface area (Å²) in [7, 11) is 1.47. The molecule has 3 aromatic rings. The zero-order valence-electron chi connectivity index (χ0n) is 25.0. The minimum absolute atomic E-state index is 0.00601. The van der Waals surface area contributed by atoms with Crippen molar-refractivity contribution in [3.63, 3.8) is 0 Å². The van der Waals surface area contributed by atoms with Gasteiger partial charge in [-0.15, -0.1) is 0 Å². The van der Waals surface area contributed by atoms with Gasteiger partial charge in [0.05, 0.1) is 19.6 Å². The Morgan fingerprint density at radius 1 is 0.867 bits per heavy atom. The highest BCUT2D eigenvalue weighted by Gasteiger charge is 2.49. The van der Waals surface area contributed by atoms with Crippen LogP contribution in [-0.2, 0) is 23.9 Å². The molecule has 0 amide bonds. The molecule has 0 bridgehead atoms. The van der Waals surface area contributed by atoms with Crippen LogP contribution in [0.2, 0.25) is 0 Å². The van der Waals surface area contributed by atoms with Crippen LogP contribution < -0.4 is 23.7 Å². The number of ether oxygens (including phenoxy) is 7. The molecule has 12 heteroatoms.